The molecule has 2 aromatic rings. The molecule has 1 unspecified atom stereocenters. The quantitative estimate of drug-likeness (QED) is 0.786. The standard InChI is InChI=1S/C19H21N5O2S/c1-11(25)22-14-5-3-4-12(6-14)18(26)24-17-8-16-13(10-21-17)7-15(9-20)23-19(16)27-2/h7-8,10,12,14H,3-6H2,1-2H3,(H,22,25)(H,21,24,26)/t12?,14-/m1/s1. The first kappa shape index (κ1) is 19.1. The van der Waals surface area contributed by atoms with Crippen LogP contribution in [0.2, 0.25) is 0 Å². The molecule has 2 N–H and O–H groups in total. The van der Waals surface area contributed by atoms with Crippen LogP contribution in [0.25, 0.3) is 10.8 Å². The molecule has 7 nitrogen and oxygen atoms in total. The van der Waals surface area contributed by atoms with Gasteiger partial charge >= 0.3 is 0 Å². The Kier molecular flexibility index (Phi) is 5.91. The van der Waals surface area contributed by atoms with E-state index in [1.54, 1.807) is 18.3 Å². The third-order valence-corrected chi connectivity index (χ3v) is 5.39. The highest BCUT2D eigenvalue weighted by Gasteiger charge is 2.28. The summed E-state index contributed by atoms with van der Waals surface area (Å²) in [6.07, 6.45) is 6.80. The van der Waals surface area contributed by atoms with Crippen molar-refractivity contribution in [1.29, 1.82) is 5.26 Å². The summed E-state index contributed by atoms with van der Waals surface area (Å²) in [5, 5.41) is 17.3. The summed E-state index contributed by atoms with van der Waals surface area (Å²) in [5.41, 5.74) is 0.344. The van der Waals surface area contributed by atoms with Gasteiger partial charge < -0.3 is 10.6 Å². The molecule has 0 saturated heterocycles. The van der Waals surface area contributed by atoms with Gasteiger partial charge in [-0.3, -0.25) is 9.59 Å². The van der Waals surface area contributed by atoms with E-state index in [9.17, 15) is 9.59 Å². The van der Waals surface area contributed by atoms with E-state index in [-0.39, 0.29) is 23.8 Å². The number of amides is 2. The molecule has 8 heteroatoms. The van der Waals surface area contributed by atoms with Crippen LogP contribution in [-0.4, -0.2) is 34.1 Å². The lowest BCUT2D eigenvalue weighted by molar-refractivity contribution is -0.123. The van der Waals surface area contributed by atoms with Crippen molar-refractivity contribution in [2.24, 2.45) is 5.92 Å². The summed E-state index contributed by atoms with van der Waals surface area (Å²) in [4.78, 5) is 32.5. The number of anilines is 1. The number of nitrogens with zero attached hydrogens (tertiary/aromatic N) is 3. The van der Waals surface area contributed by atoms with Gasteiger partial charge in [0.05, 0.1) is 0 Å². The van der Waals surface area contributed by atoms with Gasteiger partial charge in [-0.2, -0.15) is 5.26 Å². The highest BCUT2D eigenvalue weighted by atomic mass is 32.2. The van der Waals surface area contributed by atoms with Crippen LogP contribution >= 0.6 is 11.8 Å². The summed E-state index contributed by atoms with van der Waals surface area (Å²) < 4.78 is 0. The molecular formula is C19H21N5O2S. The lowest BCUT2D eigenvalue weighted by Gasteiger charge is -2.28. The Balaban J connectivity index is 1.77. The fourth-order valence-electron chi connectivity index (χ4n) is 3.47. The molecule has 0 aliphatic heterocycles. The average molecular weight is 383 g/mol. The molecule has 1 saturated carbocycles. The minimum Gasteiger partial charge on any atom is -0.354 e. The molecule has 2 atom stereocenters. The molecule has 2 amide bonds. The molecule has 0 bridgehead atoms. The Labute approximate surface area is 161 Å². The summed E-state index contributed by atoms with van der Waals surface area (Å²) in [5.74, 6) is 0.179. The lowest BCUT2D eigenvalue weighted by Crippen LogP contribution is -2.40. The SMILES string of the molecule is CSc1nc(C#N)cc2cnc(NC(=O)C3CCC[C@@H](NC(C)=O)C3)cc12. The number of fused-ring (bicyclic) bond motifs is 1. The van der Waals surface area contributed by atoms with Crippen LogP contribution < -0.4 is 10.6 Å². The molecule has 2 heterocycles. The monoisotopic (exact) mass is 383 g/mol. The van der Waals surface area contributed by atoms with Gasteiger partial charge in [-0.25, -0.2) is 9.97 Å². The number of hydrogen-bond donors (Lipinski definition) is 2. The number of hydrogen-bond acceptors (Lipinski definition) is 6. The van der Waals surface area contributed by atoms with Gasteiger partial charge in [-0.15, -0.1) is 11.8 Å². The van der Waals surface area contributed by atoms with Crippen molar-refractivity contribution >= 4 is 40.2 Å². The number of aromatic nitrogens is 2. The zero-order chi connectivity index (χ0) is 19.4. The highest BCUT2D eigenvalue weighted by molar-refractivity contribution is 7.98. The van der Waals surface area contributed by atoms with Gasteiger partial charge in [0, 0.05) is 35.9 Å². The van der Waals surface area contributed by atoms with Crippen LogP contribution in [0.1, 0.15) is 38.3 Å². The predicted octanol–water partition coefficient (Wildman–Crippen LogP) is 2.86. The van der Waals surface area contributed by atoms with E-state index in [1.165, 1.54) is 18.7 Å². The first-order valence-electron chi connectivity index (χ1n) is 8.83. The molecule has 0 spiro atoms. The summed E-state index contributed by atoms with van der Waals surface area (Å²) >= 11 is 1.45. The van der Waals surface area contributed by atoms with Crippen LogP contribution in [0.4, 0.5) is 5.82 Å². The van der Waals surface area contributed by atoms with Crippen molar-refractivity contribution in [3.05, 3.63) is 24.0 Å². The van der Waals surface area contributed by atoms with Crippen LogP contribution in [-0.2, 0) is 9.59 Å². The fraction of sp³-hybridized carbons (Fsp3) is 0.421. The molecule has 3 rings (SSSR count). The number of rotatable bonds is 4. The maximum absolute atomic E-state index is 12.7. The zero-order valence-corrected chi connectivity index (χ0v) is 16.1. The normalized spacial score (nSPS) is 19.3. The van der Waals surface area contributed by atoms with Crippen molar-refractivity contribution < 1.29 is 9.59 Å². The minimum absolute atomic E-state index is 0.0493. The molecule has 1 aliphatic rings. The smallest absolute Gasteiger partial charge is 0.228 e. The second kappa shape index (κ2) is 8.35. The van der Waals surface area contributed by atoms with Crippen molar-refractivity contribution in [3.8, 4) is 6.07 Å². The molecule has 1 fully saturated rings. The van der Waals surface area contributed by atoms with Gasteiger partial charge in [0.2, 0.25) is 11.8 Å². The highest BCUT2D eigenvalue weighted by Crippen LogP contribution is 2.28. The van der Waals surface area contributed by atoms with Crippen molar-refractivity contribution in [2.45, 2.75) is 43.7 Å². The van der Waals surface area contributed by atoms with E-state index in [1.807, 2.05) is 12.3 Å². The second-order valence-electron chi connectivity index (χ2n) is 6.67. The van der Waals surface area contributed by atoms with Crippen LogP contribution in [0, 0.1) is 17.2 Å². The Hall–Kier alpha value is -2.66. The number of nitrogens with one attached hydrogen (secondary N) is 2. The van der Waals surface area contributed by atoms with Gasteiger partial charge in [0.15, 0.2) is 0 Å². The molecule has 0 aromatic carbocycles. The Morgan fingerprint density at radius 1 is 1.33 bits per heavy atom. The van der Waals surface area contributed by atoms with Crippen LogP contribution in [0.5, 0.6) is 0 Å². The third-order valence-electron chi connectivity index (χ3n) is 4.69. The summed E-state index contributed by atoms with van der Waals surface area (Å²) in [7, 11) is 0. The lowest BCUT2D eigenvalue weighted by atomic mass is 9.85. The van der Waals surface area contributed by atoms with Crippen LogP contribution in [0.3, 0.4) is 0 Å². The van der Waals surface area contributed by atoms with Crippen molar-refractivity contribution in [3.63, 3.8) is 0 Å². The molecule has 1 aliphatic carbocycles. The number of nitriles is 1. The van der Waals surface area contributed by atoms with Gasteiger partial charge in [0.25, 0.3) is 0 Å². The largest absolute Gasteiger partial charge is 0.354 e. The molecule has 140 valence electrons. The van der Waals surface area contributed by atoms with E-state index in [0.29, 0.717) is 17.9 Å². The maximum atomic E-state index is 12.7. The van der Waals surface area contributed by atoms with Gasteiger partial charge in [-0.05, 0) is 37.7 Å². The molecule has 0 radical (unpaired) electrons. The first-order valence-corrected chi connectivity index (χ1v) is 10.1. The Morgan fingerprint density at radius 2 is 2.15 bits per heavy atom. The maximum Gasteiger partial charge on any atom is 0.228 e. The topological polar surface area (TPSA) is 108 Å². The number of thioether (sulfide) groups is 1. The van der Waals surface area contributed by atoms with E-state index < -0.39 is 0 Å². The van der Waals surface area contributed by atoms with Crippen molar-refractivity contribution in [1.82, 2.24) is 15.3 Å². The Bertz CT molecular complexity index is 924. The third kappa shape index (κ3) is 4.55. The van der Waals surface area contributed by atoms with E-state index in [0.717, 1.165) is 35.1 Å². The molecule has 27 heavy (non-hydrogen) atoms. The molecule has 2 aromatic heterocycles. The molecular weight excluding hydrogens is 362 g/mol. The van der Waals surface area contributed by atoms with E-state index in [4.69, 9.17) is 5.26 Å². The second-order valence-corrected chi connectivity index (χ2v) is 7.46. The minimum atomic E-state index is -0.146. The number of pyridine rings is 2. The van der Waals surface area contributed by atoms with Crippen LogP contribution in [0.15, 0.2) is 23.4 Å². The fourth-order valence-corrected chi connectivity index (χ4v) is 4.06. The van der Waals surface area contributed by atoms with E-state index >= 15 is 0 Å². The Morgan fingerprint density at radius 3 is 2.85 bits per heavy atom. The average Bonchev–Trinajstić information content (AvgIpc) is 2.66. The number of carbonyl (C=O) groups is 2. The summed E-state index contributed by atoms with van der Waals surface area (Å²) in [6.45, 7) is 1.50. The van der Waals surface area contributed by atoms with E-state index in [2.05, 4.69) is 20.6 Å². The predicted molar refractivity (Wildman–Crippen MR) is 104 cm³/mol. The zero-order valence-electron chi connectivity index (χ0n) is 15.3. The number of carbonyl (C=O) groups excluding carboxylic acids is 2. The van der Waals surface area contributed by atoms with Gasteiger partial charge in [-0.1, -0.05) is 6.42 Å². The summed E-state index contributed by atoms with van der Waals surface area (Å²) in [6, 6.07) is 5.58. The van der Waals surface area contributed by atoms with Gasteiger partial charge in [0.1, 0.15) is 22.6 Å². The first-order chi connectivity index (χ1) is 13.0. The van der Waals surface area contributed by atoms with Crippen molar-refractivity contribution in [2.75, 3.05) is 11.6 Å².